The van der Waals surface area contributed by atoms with Gasteiger partial charge in [0, 0.05) is 0 Å². The number of oxazole rings is 1. The maximum absolute atomic E-state index is 5.43. The minimum Gasteiger partial charge on any atom is -0.472 e. The molecule has 2 heterocycles. The fraction of sp³-hybridized carbons (Fsp3) is 0.222. The summed E-state index contributed by atoms with van der Waals surface area (Å²) in [6, 6.07) is 1.84. The Kier molecular flexibility index (Phi) is 2.14. The van der Waals surface area contributed by atoms with Gasteiger partial charge in [0.2, 0.25) is 5.89 Å². The molecule has 0 aliphatic carbocycles. The normalized spacial score (nSPS) is 10.5. The maximum Gasteiger partial charge on any atom is 0.208 e. The summed E-state index contributed by atoms with van der Waals surface area (Å²) in [5.41, 5.74) is 0.912. The van der Waals surface area contributed by atoms with Crippen molar-refractivity contribution in [3.05, 3.63) is 30.7 Å². The molecular formula is C9H10N2O2. The van der Waals surface area contributed by atoms with Crippen molar-refractivity contribution in [2.75, 3.05) is 7.05 Å². The van der Waals surface area contributed by atoms with Crippen molar-refractivity contribution < 1.29 is 8.83 Å². The Hall–Kier alpha value is -1.55. The quantitative estimate of drug-likeness (QED) is 0.776. The SMILES string of the molecule is CNCc1ncc(-c2ccoc2)o1. The van der Waals surface area contributed by atoms with Crippen LogP contribution < -0.4 is 5.32 Å². The van der Waals surface area contributed by atoms with Crippen LogP contribution in [-0.2, 0) is 6.54 Å². The molecule has 0 spiro atoms. The summed E-state index contributed by atoms with van der Waals surface area (Å²) in [6.07, 6.45) is 4.93. The number of rotatable bonds is 3. The molecule has 0 aliphatic heterocycles. The van der Waals surface area contributed by atoms with Crippen LogP contribution in [0.3, 0.4) is 0 Å². The molecule has 0 atom stereocenters. The molecule has 13 heavy (non-hydrogen) atoms. The number of furan rings is 1. The van der Waals surface area contributed by atoms with Crippen LogP contribution in [0, 0.1) is 0 Å². The molecule has 2 rings (SSSR count). The minimum absolute atomic E-state index is 0.637. The predicted octanol–water partition coefficient (Wildman–Crippen LogP) is 1.65. The molecule has 0 bridgehead atoms. The Labute approximate surface area is 75.6 Å². The highest BCUT2D eigenvalue weighted by atomic mass is 16.4. The first-order valence-corrected chi connectivity index (χ1v) is 4.02. The van der Waals surface area contributed by atoms with Gasteiger partial charge in [0.15, 0.2) is 5.76 Å². The van der Waals surface area contributed by atoms with E-state index in [0.29, 0.717) is 12.4 Å². The average Bonchev–Trinajstić information content (AvgIpc) is 2.70. The van der Waals surface area contributed by atoms with Crippen LogP contribution in [0.4, 0.5) is 0 Å². The minimum atomic E-state index is 0.637. The fourth-order valence-corrected chi connectivity index (χ4v) is 1.08. The molecule has 0 radical (unpaired) electrons. The molecule has 0 fully saturated rings. The summed E-state index contributed by atoms with van der Waals surface area (Å²) in [5, 5.41) is 2.96. The number of nitrogens with zero attached hydrogens (tertiary/aromatic N) is 1. The Morgan fingerprint density at radius 1 is 1.54 bits per heavy atom. The number of hydrogen-bond donors (Lipinski definition) is 1. The third-order valence-electron chi connectivity index (χ3n) is 1.69. The van der Waals surface area contributed by atoms with Gasteiger partial charge in [-0.1, -0.05) is 0 Å². The van der Waals surface area contributed by atoms with Crippen molar-refractivity contribution in [3.8, 4) is 11.3 Å². The van der Waals surface area contributed by atoms with E-state index in [4.69, 9.17) is 8.83 Å². The van der Waals surface area contributed by atoms with E-state index >= 15 is 0 Å². The maximum atomic E-state index is 5.43. The van der Waals surface area contributed by atoms with Crippen molar-refractivity contribution >= 4 is 0 Å². The second-order valence-corrected chi connectivity index (χ2v) is 2.66. The lowest BCUT2D eigenvalue weighted by Crippen LogP contribution is -2.04. The van der Waals surface area contributed by atoms with E-state index in [1.165, 1.54) is 0 Å². The van der Waals surface area contributed by atoms with Crippen LogP contribution in [0.5, 0.6) is 0 Å². The van der Waals surface area contributed by atoms with Gasteiger partial charge in [0.05, 0.1) is 24.6 Å². The van der Waals surface area contributed by atoms with Crippen molar-refractivity contribution in [3.63, 3.8) is 0 Å². The second-order valence-electron chi connectivity index (χ2n) is 2.66. The van der Waals surface area contributed by atoms with Crippen molar-refractivity contribution in [1.29, 1.82) is 0 Å². The molecule has 68 valence electrons. The van der Waals surface area contributed by atoms with Crippen molar-refractivity contribution in [2.24, 2.45) is 0 Å². The van der Waals surface area contributed by atoms with Crippen LogP contribution in [0.25, 0.3) is 11.3 Å². The van der Waals surface area contributed by atoms with Gasteiger partial charge in [0.1, 0.15) is 6.26 Å². The molecule has 4 heteroatoms. The van der Waals surface area contributed by atoms with Crippen LogP contribution >= 0.6 is 0 Å². The standard InChI is InChI=1S/C9H10N2O2/c1-10-5-9-11-4-8(13-9)7-2-3-12-6-7/h2-4,6,10H,5H2,1H3. The lowest BCUT2D eigenvalue weighted by Gasteiger charge is -1.90. The van der Waals surface area contributed by atoms with Crippen LogP contribution in [0.1, 0.15) is 5.89 Å². The van der Waals surface area contributed by atoms with E-state index in [1.807, 2.05) is 13.1 Å². The number of nitrogens with one attached hydrogen (secondary N) is 1. The van der Waals surface area contributed by atoms with Gasteiger partial charge in [-0.3, -0.25) is 0 Å². The highest BCUT2D eigenvalue weighted by Crippen LogP contribution is 2.20. The van der Waals surface area contributed by atoms with Gasteiger partial charge in [-0.05, 0) is 13.1 Å². The van der Waals surface area contributed by atoms with Gasteiger partial charge in [-0.25, -0.2) is 4.98 Å². The second kappa shape index (κ2) is 3.45. The van der Waals surface area contributed by atoms with Crippen LogP contribution in [0.15, 0.2) is 33.6 Å². The topological polar surface area (TPSA) is 51.2 Å². The molecule has 0 unspecified atom stereocenters. The molecule has 4 nitrogen and oxygen atoms in total. The summed E-state index contributed by atoms with van der Waals surface area (Å²) < 4.78 is 10.4. The monoisotopic (exact) mass is 178 g/mol. The highest BCUT2D eigenvalue weighted by Gasteiger charge is 2.05. The van der Waals surface area contributed by atoms with Crippen molar-refractivity contribution in [1.82, 2.24) is 10.3 Å². The molecular weight excluding hydrogens is 168 g/mol. The molecule has 0 aliphatic rings. The molecule has 1 N–H and O–H groups in total. The van der Waals surface area contributed by atoms with E-state index in [0.717, 1.165) is 11.3 Å². The zero-order valence-electron chi connectivity index (χ0n) is 7.28. The van der Waals surface area contributed by atoms with Gasteiger partial charge in [-0.2, -0.15) is 0 Å². The van der Waals surface area contributed by atoms with E-state index in [9.17, 15) is 0 Å². The Morgan fingerprint density at radius 3 is 3.15 bits per heavy atom. The molecule has 0 saturated carbocycles. The first kappa shape index (κ1) is 8.07. The van der Waals surface area contributed by atoms with Crippen LogP contribution in [-0.4, -0.2) is 12.0 Å². The lowest BCUT2D eigenvalue weighted by atomic mass is 10.3. The number of hydrogen-bond acceptors (Lipinski definition) is 4. The summed E-state index contributed by atoms with van der Waals surface area (Å²) in [5.74, 6) is 1.41. The fourth-order valence-electron chi connectivity index (χ4n) is 1.08. The molecule has 0 aromatic carbocycles. The van der Waals surface area contributed by atoms with E-state index in [-0.39, 0.29) is 0 Å². The predicted molar refractivity (Wildman–Crippen MR) is 47.0 cm³/mol. The van der Waals surface area contributed by atoms with Gasteiger partial charge < -0.3 is 14.2 Å². The van der Waals surface area contributed by atoms with Crippen molar-refractivity contribution in [2.45, 2.75) is 6.54 Å². The highest BCUT2D eigenvalue weighted by molar-refractivity contribution is 5.53. The summed E-state index contributed by atoms with van der Waals surface area (Å²) >= 11 is 0. The lowest BCUT2D eigenvalue weighted by molar-refractivity contribution is 0.489. The van der Waals surface area contributed by atoms with E-state index < -0.39 is 0 Å². The first-order chi connectivity index (χ1) is 6.40. The van der Waals surface area contributed by atoms with Gasteiger partial charge in [0.25, 0.3) is 0 Å². The largest absolute Gasteiger partial charge is 0.472 e. The molecule has 0 amide bonds. The summed E-state index contributed by atoms with van der Waals surface area (Å²) in [7, 11) is 1.85. The third kappa shape index (κ3) is 1.62. The Bertz CT molecular complexity index is 365. The smallest absolute Gasteiger partial charge is 0.208 e. The number of aromatic nitrogens is 1. The average molecular weight is 178 g/mol. The van der Waals surface area contributed by atoms with Gasteiger partial charge >= 0.3 is 0 Å². The Morgan fingerprint density at radius 2 is 2.46 bits per heavy atom. The molecule has 0 saturated heterocycles. The van der Waals surface area contributed by atoms with Gasteiger partial charge in [-0.15, -0.1) is 0 Å². The van der Waals surface area contributed by atoms with E-state index in [2.05, 4.69) is 10.3 Å². The summed E-state index contributed by atoms with van der Waals surface area (Å²) in [6.45, 7) is 0.637. The summed E-state index contributed by atoms with van der Waals surface area (Å²) in [4.78, 5) is 4.09. The zero-order chi connectivity index (χ0) is 9.10. The first-order valence-electron chi connectivity index (χ1n) is 4.02. The van der Waals surface area contributed by atoms with Crippen LogP contribution in [0.2, 0.25) is 0 Å². The van der Waals surface area contributed by atoms with E-state index in [1.54, 1.807) is 18.7 Å². The zero-order valence-corrected chi connectivity index (χ0v) is 7.28. The Balaban J connectivity index is 2.23. The third-order valence-corrected chi connectivity index (χ3v) is 1.69. The molecule has 2 aromatic heterocycles. The molecule has 2 aromatic rings.